The Kier molecular flexibility index (Phi) is 4.74. The molecule has 2 N–H and O–H groups in total. The first-order valence-electron chi connectivity index (χ1n) is 6.68. The topological polar surface area (TPSA) is 70.8 Å². The molecule has 0 radical (unpaired) electrons. The summed E-state index contributed by atoms with van der Waals surface area (Å²) in [6.45, 7) is -0.245. The van der Waals surface area contributed by atoms with Crippen LogP contribution in [0.4, 0.5) is 0 Å². The van der Waals surface area contributed by atoms with Gasteiger partial charge in [0.25, 0.3) is 0 Å². The van der Waals surface area contributed by atoms with Crippen LogP contribution in [0.3, 0.4) is 0 Å². The largest absolute Gasteiger partial charge is 0.360 e. The predicted molar refractivity (Wildman–Crippen MR) is 78.3 cm³/mol. The van der Waals surface area contributed by atoms with Crippen LogP contribution in [0.25, 0.3) is 0 Å². The van der Waals surface area contributed by atoms with E-state index in [1.54, 1.807) is 25.0 Å². The van der Waals surface area contributed by atoms with Crippen LogP contribution in [0.5, 0.6) is 0 Å². The van der Waals surface area contributed by atoms with Crippen LogP contribution in [-0.2, 0) is 11.8 Å². The van der Waals surface area contributed by atoms with Gasteiger partial charge in [-0.3, -0.25) is 9.58 Å². The van der Waals surface area contributed by atoms with Gasteiger partial charge in [-0.2, -0.15) is 5.10 Å². The number of aliphatic hydroxyl groups is 2. The number of hydrogen-bond donors (Lipinski definition) is 2. The third-order valence-corrected chi connectivity index (χ3v) is 3.39. The van der Waals surface area contributed by atoms with E-state index in [0.717, 1.165) is 11.3 Å². The molecule has 2 rings (SSSR count). The highest BCUT2D eigenvalue weighted by atomic mass is 16.6. The Morgan fingerprint density at radius 2 is 1.90 bits per heavy atom. The molecule has 1 aromatic heterocycles. The van der Waals surface area contributed by atoms with Crippen molar-refractivity contribution in [2.75, 3.05) is 20.7 Å². The van der Waals surface area contributed by atoms with Gasteiger partial charge in [-0.1, -0.05) is 30.3 Å². The van der Waals surface area contributed by atoms with Crippen molar-refractivity contribution in [3.63, 3.8) is 0 Å². The van der Waals surface area contributed by atoms with Crippen molar-refractivity contribution in [2.24, 2.45) is 7.05 Å². The average Bonchev–Trinajstić information content (AvgIpc) is 2.86. The summed E-state index contributed by atoms with van der Waals surface area (Å²) in [6, 6.07) is 11.5. The van der Waals surface area contributed by atoms with E-state index < -0.39 is 12.0 Å². The minimum atomic E-state index is -2.02. The van der Waals surface area contributed by atoms with Crippen molar-refractivity contribution < 1.29 is 14.9 Å². The van der Waals surface area contributed by atoms with E-state index >= 15 is 0 Å². The molecule has 114 valence electrons. The molecule has 0 aliphatic heterocycles. The van der Waals surface area contributed by atoms with Crippen LogP contribution in [-0.4, -0.2) is 51.5 Å². The Morgan fingerprint density at radius 1 is 1.24 bits per heavy atom. The summed E-state index contributed by atoms with van der Waals surface area (Å²) >= 11 is 0. The standard InChI is InChI=1S/C15H21N3O3/c1-17(2)15(19,20)11-21-14(12-7-5-4-6-8-12)13-9-10-16-18(13)3/h4-10,14,19-20H,11H2,1-3H3. The minimum absolute atomic E-state index is 0.245. The van der Waals surface area contributed by atoms with E-state index in [2.05, 4.69) is 5.10 Å². The maximum atomic E-state index is 9.89. The highest BCUT2D eigenvalue weighted by molar-refractivity contribution is 5.25. The Labute approximate surface area is 124 Å². The zero-order valence-electron chi connectivity index (χ0n) is 12.5. The second-order valence-electron chi connectivity index (χ2n) is 5.15. The van der Waals surface area contributed by atoms with Gasteiger partial charge < -0.3 is 14.9 Å². The maximum absolute atomic E-state index is 9.89. The highest BCUT2D eigenvalue weighted by Gasteiger charge is 2.29. The van der Waals surface area contributed by atoms with Crippen LogP contribution in [0.2, 0.25) is 0 Å². The molecule has 0 saturated heterocycles. The molecule has 6 nitrogen and oxygen atoms in total. The fourth-order valence-electron chi connectivity index (χ4n) is 1.95. The normalized spacial score (nSPS) is 13.6. The zero-order valence-corrected chi connectivity index (χ0v) is 12.5. The number of hydrogen-bond acceptors (Lipinski definition) is 5. The second-order valence-corrected chi connectivity index (χ2v) is 5.15. The van der Waals surface area contributed by atoms with E-state index in [9.17, 15) is 10.2 Å². The molecule has 1 unspecified atom stereocenters. The molecule has 0 bridgehead atoms. The summed E-state index contributed by atoms with van der Waals surface area (Å²) in [4.78, 5) is 1.29. The summed E-state index contributed by atoms with van der Waals surface area (Å²) in [5.41, 5.74) is 1.77. The lowest BCUT2D eigenvalue weighted by molar-refractivity contribution is -0.278. The van der Waals surface area contributed by atoms with E-state index in [1.165, 1.54) is 4.90 Å². The molecule has 1 atom stereocenters. The van der Waals surface area contributed by atoms with E-state index in [-0.39, 0.29) is 6.61 Å². The van der Waals surface area contributed by atoms with Crippen LogP contribution in [0, 0.1) is 0 Å². The Hall–Kier alpha value is -1.73. The quantitative estimate of drug-likeness (QED) is 0.768. The van der Waals surface area contributed by atoms with Crippen molar-refractivity contribution in [2.45, 2.75) is 12.0 Å². The minimum Gasteiger partial charge on any atom is -0.360 e. The molecule has 0 aliphatic rings. The van der Waals surface area contributed by atoms with E-state index in [4.69, 9.17) is 4.74 Å². The van der Waals surface area contributed by atoms with Crippen molar-refractivity contribution in [1.29, 1.82) is 0 Å². The first-order valence-corrected chi connectivity index (χ1v) is 6.68. The summed E-state index contributed by atoms with van der Waals surface area (Å²) in [5, 5.41) is 23.9. The highest BCUT2D eigenvalue weighted by Crippen LogP contribution is 2.26. The van der Waals surface area contributed by atoms with Gasteiger partial charge in [-0.15, -0.1) is 0 Å². The van der Waals surface area contributed by atoms with Gasteiger partial charge in [-0.05, 0) is 25.7 Å². The smallest absolute Gasteiger partial charge is 0.249 e. The molecule has 0 aliphatic carbocycles. The number of aromatic nitrogens is 2. The number of benzene rings is 1. The van der Waals surface area contributed by atoms with Crippen LogP contribution >= 0.6 is 0 Å². The molecule has 1 heterocycles. The van der Waals surface area contributed by atoms with E-state index in [1.807, 2.05) is 43.4 Å². The molecule has 21 heavy (non-hydrogen) atoms. The Bertz CT molecular complexity index is 567. The van der Waals surface area contributed by atoms with Gasteiger partial charge in [0, 0.05) is 13.2 Å². The lowest BCUT2D eigenvalue weighted by atomic mass is 10.1. The monoisotopic (exact) mass is 291 g/mol. The third kappa shape index (κ3) is 3.68. The van der Waals surface area contributed by atoms with Gasteiger partial charge >= 0.3 is 0 Å². The molecule has 1 aromatic carbocycles. The third-order valence-electron chi connectivity index (χ3n) is 3.39. The Balaban J connectivity index is 2.24. The molecule has 0 amide bonds. The van der Waals surface area contributed by atoms with Crippen molar-refractivity contribution >= 4 is 0 Å². The van der Waals surface area contributed by atoms with Gasteiger partial charge in [0.15, 0.2) is 0 Å². The first kappa shape index (κ1) is 15.7. The predicted octanol–water partition coefficient (Wildman–Crippen LogP) is 0.726. The van der Waals surface area contributed by atoms with Gasteiger partial charge in [0.05, 0.1) is 5.69 Å². The molecule has 0 saturated carbocycles. The second kappa shape index (κ2) is 6.36. The van der Waals surface area contributed by atoms with Crippen LogP contribution in [0.15, 0.2) is 42.6 Å². The SMILES string of the molecule is CN(C)C(O)(O)COC(c1ccccc1)c1ccnn1C. The van der Waals surface area contributed by atoms with Gasteiger partial charge in [0.2, 0.25) is 5.91 Å². The first-order chi connectivity index (χ1) is 9.92. The van der Waals surface area contributed by atoms with Crippen LogP contribution in [0.1, 0.15) is 17.4 Å². The van der Waals surface area contributed by atoms with Crippen molar-refractivity contribution in [3.05, 3.63) is 53.9 Å². The molecular weight excluding hydrogens is 270 g/mol. The Morgan fingerprint density at radius 3 is 2.43 bits per heavy atom. The zero-order chi connectivity index (χ0) is 15.5. The molecule has 0 spiro atoms. The molecule has 6 heteroatoms. The summed E-state index contributed by atoms with van der Waals surface area (Å²) in [5.74, 6) is -2.02. The summed E-state index contributed by atoms with van der Waals surface area (Å²) in [6.07, 6.45) is 1.27. The summed E-state index contributed by atoms with van der Waals surface area (Å²) in [7, 11) is 4.97. The summed E-state index contributed by atoms with van der Waals surface area (Å²) < 4.78 is 7.49. The van der Waals surface area contributed by atoms with Gasteiger partial charge in [-0.25, -0.2) is 0 Å². The van der Waals surface area contributed by atoms with E-state index in [0.29, 0.717) is 0 Å². The van der Waals surface area contributed by atoms with Crippen molar-refractivity contribution in [1.82, 2.24) is 14.7 Å². The van der Waals surface area contributed by atoms with Crippen molar-refractivity contribution in [3.8, 4) is 0 Å². The number of likely N-dealkylation sites (N-methyl/N-ethyl adjacent to an activating group) is 1. The fraction of sp³-hybridized carbons (Fsp3) is 0.400. The number of nitrogens with zero attached hydrogens (tertiary/aromatic N) is 3. The number of rotatable bonds is 6. The van der Waals surface area contributed by atoms with Crippen LogP contribution < -0.4 is 0 Å². The maximum Gasteiger partial charge on any atom is 0.249 e. The molecule has 0 fully saturated rings. The number of ether oxygens (including phenoxy) is 1. The van der Waals surface area contributed by atoms with Gasteiger partial charge in [0.1, 0.15) is 12.7 Å². The lowest BCUT2D eigenvalue weighted by Gasteiger charge is -2.30. The molecular formula is C15H21N3O3. The average molecular weight is 291 g/mol. The fourth-order valence-corrected chi connectivity index (χ4v) is 1.95. The number of aryl methyl sites for hydroxylation is 1. The molecule has 2 aromatic rings. The lowest BCUT2D eigenvalue weighted by Crippen LogP contribution is -2.48.